The molecule has 1 aromatic heterocycles. The molecule has 3 aromatic rings. The molecule has 36 heavy (non-hydrogen) atoms. The Labute approximate surface area is 214 Å². The van der Waals surface area contributed by atoms with Gasteiger partial charge in [-0.3, -0.25) is 9.59 Å². The van der Waals surface area contributed by atoms with E-state index in [-0.39, 0.29) is 11.8 Å². The summed E-state index contributed by atoms with van der Waals surface area (Å²) in [6, 6.07) is 15.6. The van der Waals surface area contributed by atoms with Crippen molar-refractivity contribution in [1.82, 2.24) is 9.97 Å². The summed E-state index contributed by atoms with van der Waals surface area (Å²) in [4.78, 5) is 38.5. The van der Waals surface area contributed by atoms with Crippen molar-refractivity contribution in [3.8, 4) is 0 Å². The predicted octanol–water partition coefficient (Wildman–Crippen LogP) is 4.73. The highest BCUT2D eigenvalue weighted by atomic mass is 32.2. The van der Waals surface area contributed by atoms with Crippen LogP contribution in [0.5, 0.6) is 0 Å². The summed E-state index contributed by atoms with van der Waals surface area (Å²) in [5, 5.41) is 4.11. The fourth-order valence-electron chi connectivity index (χ4n) is 4.05. The summed E-state index contributed by atoms with van der Waals surface area (Å²) in [6.07, 6.45) is 1.80. The lowest BCUT2D eigenvalue weighted by molar-refractivity contribution is -0.120. The number of amides is 2. The van der Waals surface area contributed by atoms with Crippen LogP contribution in [0.3, 0.4) is 0 Å². The van der Waals surface area contributed by atoms with Crippen LogP contribution < -0.4 is 15.1 Å². The molecule has 0 spiro atoms. The summed E-state index contributed by atoms with van der Waals surface area (Å²) in [5.41, 5.74) is 4.59. The van der Waals surface area contributed by atoms with Gasteiger partial charge in [0, 0.05) is 52.3 Å². The molecule has 0 radical (unpaired) electrons. The molecular weight excluding hydrogens is 474 g/mol. The molecule has 1 N–H and O–H groups in total. The van der Waals surface area contributed by atoms with Crippen LogP contribution in [-0.2, 0) is 14.3 Å². The third kappa shape index (κ3) is 4.84. The van der Waals surface area contributed by atoms with E-state index in [2.05, 4.69) is 27.3 Å². The number of anilines is 4. The summed E-state index contributed by atoms with van der Waals surface area (Å²) in [6.45, 7) is 8.64. The van der Waals surface area contributed by atoms with Crippen LogP contribution in [0.15, 0.2) is 75.8 Å². The van der Waals surface area contributed by atoms with Gasteiger partial charge in [-0.25, -0.2) is 14.9 Å². The predicted molar refractivity (Wildman–Crippen MR) is 141 cm³/mol. The first-order chi connectivity index (χ1) is 17.4. The van der Waals surface area contributed by atoms with Gasteiger partial charge >= 0.3 is 0 Å². The maximum atomic E-state index is 12.4. The van der Waals surface area contributed by atoms with Crippen molar-refractivity contribution in [3.63, 3.8) is 0 Å². The van der Waals surface area contributed by atoms with Gasteiger partial charge in [0.2, 0.25) is 5.95 Å². The second-order valence-electron chi connectivity index (χ2n) is 8.74. The number of ether oxygens (including phenoxy) is 1. The smallest absolute Gasteiger partial charge is 0.261 e. The number of rotatable bonds is 6. The summed E-state index contributed by atoms with van der Waals surface area (Å²) >= 11 is 1.51. The largest absolute Gasteiger partial charge is 0.378 e. The monoisotopic (exact) mass is 501 g/mol. The van der Waals surface area contributed by atoms with Crippen LogP contribution >= 0.6 is 11.8 Å². The van der Waals surface area contributed by atoms with E-state index in [9.17, 15) is 9.59 Å². The van der Waals surface area contributed by atoms with Crippen molar-refractivity contribution in [1.29, 1.82) is 0 Å². The van der Waals surface area contributed by atoms with E-state index >= 15 is 0 Å². The Kier molecular flexibility index (Phi) is 6.75. The maximum absolute atomic E-state index is 12.4. The number of imide groups is 1. The number of nitrogens with one attached hydrogen (secondary N) is 1. The number of carbonyl (C=O) groups is 2. The van der Waals surface area contributed by atoms with Gasteiger partial charge in [-0.1, -0.05) is 11.8 Å². The lowest BCUT2D eigenvalue weighted by Gasteiger charge is -2.28. The number of benzene rings is 2. The Balaban J connectivity index is 1.27. The first-order valence-corrected chi connectivity index (χ1v) is 12.6. The molecule has 2 aromatic carbocycles. The lowest BCUT2D eigenvalue weighted by Crippen LogP contribution is -2.36. The molecule has 2 aliphatic rings. The Bertz CT molecular complexity index is 1310. The van der Waals surface area contributed by atoms with E-state index in [1.165, 1.54) is 22.3 Å². The summed E-state index contributed by atoms with van der Waals surface area (Å²) in [5.74, 6) is -0.0133. The fraction of sp³-hybridized carbons (Fsp3) is 0.259. The highest BCUT2D eigenvalue weighted by Gasteiger charge is 2.34. The van der Waals surface area contributed by atoms with Gasteiger partial charge in [-0.2, -0.15) is 0 Å². The molecule has 1 fully saturated rings. The van der Waals surface area contributed by atoms with Crippen LogP contribution in [0.25, 0.3) is 0 Å². The molecule has 0 atom stereocenters. The number of morpholine rings is 1. The highest BCUT2D eigenvalue weighted by Crippen LogP contribution is 2.33. The van der Waals surface area contributed by atoms with Crippen molar-refractivity contribution in [2.24, 2.45) is 0 Å². The minimum atomic E-state index is -0.266. The number of aryl methyl sites for hydroxylation is 1. The first kappa shape index (κ1) is 24.0. The topological polar surface area (TPSA) is 87.7 Å². The molecule has 1 saturated heterocycles. The van der Waals surface area contributed by atoms with Gasteiger partial charge in [-0.15, -0.1) is 0 Å². The van der Waals surface area contributed by atoms with Crippen LogP contribution in [0.4, 0.5) is 23.0 Å². The zero-order valence-corrected chi connectivity index (χ0v) is 21.3. The van der Waals surface area contributed by atoms with Crippen molar-refractivity contribution >= 4 is 46.6 Å². The lowest BCUT2D eigenvalue weighted by atomic mass is 10.2. The van der Waals surface area contributed by atoms with Crippen molar-refractivity contribution in [2.45, 2.75) is 30.7 Å². The van der Waals surface area contributed by atoms with Gasteiger partial charge in [0.1, 0.15) is 5.03 Å². The molecule has 5 rings (SSSR count). The molecule has 0 saturated carbocycles. The number of aromatic nitrogens is 2. The zero-order chi connectivity index (χ0) is 25.2. The Morgan fingerprint density at radius 3 is 2.11 bits per heavy atom. The quantitative estimate of drug-likeness (QED) is 0.383. The fourth-order valence-corrected chi connectivity index (χ4v) is 4.90. The van der Waals surface area contributed by atoms with Gasteiger partial charge in [0.05, 0.1) is 18.9 Å². The minimum absolute atomic E-state index is 0.266. The van der Waals surface area contributed by atoms with Gasteiger partial charge in [-0.05, 0) is 69.3 Å². The van der Waals surface area contributed by atoms with E-state index in [1.54, 1.807) is 32.2 Å². The third-order valence-electron chi connectivity index (χ3n) is 6.34. The molecule has 0 bridgehead atoms. The molecule has 2 amide bonds. The van der Waals surface area contributed by atoms with Crippen LogP contribution in [0.2, 0.25) is 0 Å². The average Bonchev–Trinajstić information content (AvgIpc) is 3.10. The first-order valence-electron chi connectivity index (χ1n) is 11.8. The molecule has 9 heteroatoms. The SMILES string of the molecule is CC1=C(C)C(=O)N(c2ccc(Sc3nc(Nc4ccc(N5CCOCC5)cc4)ncc3C)cc2)C1=O. The number of carbonyl (C=O) groups excluding carboxylic acids is 2. The molecule has 184 valence electrons. The standard InChI is InChI=1S/C27H27N5O3S/c1-17-16-28-27(29-20-4-6-21(7-5-20)31-12-14-35-15-13-31)30-24(17)36-23-10-8-22(9-11-23)32-25(33)18(2)19(3)26(32)34/h4-11,16H,12-15H2,1-3H3,(H,28,29,30). The van der Waals surface area contributed by atoms with Gasteiger partial charge in [0.25, 0.3) is 11.8 Å². The Hall–Kier alpha value is -3.69. The molecular formula is C27H27N5O3S. The average molecular weight is 502 g/mol. The van der Waals surface area contributed by atoms with Crippen molar-refractivity contribution in [3.05, 3.63) is 71.4 Å². The minimum Gasteiger partial charge on any atom is -0.378 e. The second kappa shape index (κ2) is 10.1. The molecule has 3 heterocycles. The maximum Gasteiger partial charge on any atom is 0.261 e. The number of hydrogen-bond donors (Lipinski definition) is 1. The Morgan fingerprint density at radius 2 is 1.47 bits per heavy atom. The molecule has 8 nitrogen and oxygen atoms in total. The summed E-state index contributed by atoms with van der Waals surface area (Å²) in [7, 11) is 0. The molecule has 0 unspecified atom stereocenters. The van der Waals surface area contributed by atoms with E-state index < -0.39 is 0 Å². The number of nitrogens with zero attached hydrogens (tertiary/aromatic N) is 4. The van der Waals surface area contributed by atoms with E-state index in [0.717, 1.165) is 47.5 Å². The van der Waals surface area contributed by atoms with Crippen LogP contribution in [-0.4, -0.2) is 48.1 Å². The van der Waals surface area contributed by atoms with E-state index in [4.69, 9.17) is 9.72 Å². The summed E-state index contributed by atoms with van der Waals surface area (Å²) < 4.78 is 5.43. The van der Waals surface area contributed by atoms with E-state index in [0.29, 0.717) is 22.8 Å². The van der Waals surface area contributed by atoms with Gasteiger partial charge in [0.15, 0.2) is 0 Å². The number of hydrogen-bond acceptors (Lipinski definition) is 8. The highest BCUT2D eigenvalue weighted by molar-refractivity contribution is 7.99. The van der Waals surface area contributed by atoms with Crippen LogP contribution in [0.1, 0.15) is 19.4 Å². The second-order valence-corrected chi connectivity index (χ2v) is 9.81. The normalized spacial score (nSPS) is 16.2. The van der Waals surface area contributed by atoms with Crippen LogP contribution in [0, 0.1) is 6.92 Å². The van der Waals surface area contributed by atoms with Gasteiger partial charge < -0.3 is 15.0 Å². The van der Waals surface area contributed by atoms with Crippen molar-refractivity contribution in [2.75, 3.05) is 41.4 Å². The van der Waals surface area contributed by atoms with E-state index in [1.807, 2.05) is 31.2 Å². The Morgan fingerprint density at radius 1 is 0.861 bits per heavy atom. The third-order valence-corrected chi connectivity index (χ3v) is 7.46. The van der Waals surface area contributed by atoms with Crippen molar-refractivity contribution < 1.29 is 14.3 Å². The molecule has 2 aliphatic heterocycles. The molecule has 0 aliphatic carbocycles. The zero-order valence-electron chi connectivity index (χ0n) is 20.4.